The van der Waals surface area contributed by atoms with Gasteiger partial charge in [0.2, 0.25) is 0 Å². The van der Waals surface area contributed by atoms with E-state index in [1.807, 2.05) is 0 Å². The predicted molar refractivity (Wildman–Crippen MR) is 32.6 cm³/mol. The van der Waals surface area contributed by atoms with E-state index in [4.69, 9.17) is 4.55 Å². The van der Waals surface area contributed by atoms with E-state index in [0.29, 0.717) is 0 Å². The second-order valence-corrected chi connectivity index (χ2v) is 2.87. The van der Waals surface area contributed by atoms with Crippen LogP contribution in [0.1, 0.15) is 0 Å². The summed E-state index contributed by atoms with van der Waals surface area (Å²) in [4.78, 5) is 22.2. The Morgan fingerprint density at radius 1 is 1.36 bits per heavy atom. The third kappa shape index (κ3) is 1.38. The van der Waals surface area contributed by atoms with Crippen LogP contribution in [0, 0.1) is 0 Å². The molecule has 0 atom stereocenters. The van der Waals surface area contributed by atoms with Crippen molar-refractivity contribution in [1.29, 1.82) is 0 Å². The van der Waals surface area contributed by atoms with Crippen LogP contribution >= 0.6 is 0 Å². The van der Waals surface area contributed by atoms with Gasteiger partial charge in [0.25, 0.3) is 0 Å². The molecule has 1 aromatic rings. The van der Waals surface area contributed by atoms with Crippen molar-refractivity contribution < 1.29 is 13.0 Å². The number of rotatable bonds is 1. The smallest absolute Gasteiger partial charge is 0.268 e. The third-order valence-corrected chi connectivity index (χ3v) is 1.56. The van der Waals surface area contributed by atoms with E-state index < -0.39 is 21.7 Å². The zero-order valence-corrected chi connectivity index (χ0v) is 5.75. The third-order valence-electron chi connectivity index (χ3n) is 0.839. The van der Waals surface area contributed by atoms with Gasteiger partial charge in [-0.1, -0.05) is 4.09 Å². The molecular weight excluding hydrogens is 178 g/mol. The highest BCUT2D eigenvalue weighted by molar-refractivity contribution is 7.84. The Kier molecular flexibility index (Phi) is 1.46. The fourth-order valence-corrected chi connectivity index (χ4v) is 0.935. The Balaban J connectivity index is 3.62. The van der Waals surface area contributed by atoms with Crippen molar-refractivity contribution >= 4 is 10.3 Å². The summed E-state index contributed by atoms with van der Waals surface area (Å²) in [5, 5.41) is 1.54. The molecule has 0 radical (unpaired) electrons. The first-order chi connectivity index (χ1) is 4.91. The maximum atomic E-state index is 10.4. The van der Waals surface area contributed by atoms with Crippen LogP contribution in [0.5, 0.6) is 0 Å². The van der Waals surface area contributed by atoms with Gasteiger partial charge in [-0.3, -0.25) is 9.54 Å². The topological polar surface area (TPSA) is 125 Å². The van der Waals surface area contributed by atoms with Gasteiger partial charge in [-0.25, -0.2) is 14.7 Å². The van der Waals surface area contributed by atoms with Crippen molar-refractivity contribution in [2.75, 3.05) is 0 Å². The van der Waals surface area contributed by atoms with Gasteiger partial charge in [0.05, 0.1) is 0 Å². The zero-order chi connectivity index (χ0) is 8.65. The van der Waals surface area contributed by atoms with E-state index in [-0.39, 0.29) is 4.09 Å². The molecular formula is C2H3N3O5S. The molecule has 3 N–H and O–H groups in total. The molecule has 11 heavy (non-hydrogen) atoms. The molecule has 0 aliphatic heterocycles. The minimum absolute atomic E-state index is 0.213. The molecule has 1 heterocycles. The number of H-pyrrole nitrogens is 2. The first kappa shape index (κ1) is 7.75. The molecule has 0 aromatic carbocycles. The highest BCUT2D eigenvalue weighted by atomic mass is 32.2. The molecule has 0 aliphatic carbocycles. The van der Waals surface area contributed by atoms with Crippen molar-refractivity contribution in [2.45, 2.75) is 0 Å². The lowest BCUT2D eigenvalue weighted by molar-refractivity contribution is 0.463. The number of nitrogens with zero attached hydrogens (tertiary/aromatic N) is 1. The van der Waals surface area contributed by atoms with E-state index in [9.17, 15) is 18.0 Å². The second-order valence-electron chi connectivity index (χ2n) is 1.61. The maximum absolute atomic E-state index is 10.4. The first-order valence-corrected chi connectivity index (χ1v) is 3.70. The molecule has 9 heteroatoms. The fourth-order valence-electron chi connectivity index (χ4n) is 0.481. The number of aromatic amines is 2. The number of hydrogen-bond acceptors (Lipinski definition) is 4. The Morgan fingerprint density at radius 3 is 2.09 bits per heavy atom. The van der Waals surface area contributed by atoms with Crippen LogP contribution < -0.4 is 11.4 Å². The Morgan fingerprint density at radius 2 is 1.91 bits per heavy atom. The quantitative estimate of drug-likeness (QED) is 0.413. The van der Waals surface area contributed by atoms with Crippen LogP contribution in [0.3, 0.4) is 0 Å². The minimum atomic E-state index is -4.70. The second kappa shape index (κ2) is 2.07. The lowest BCUT2D eigenvalue weighted by Crippen LogP contribution is -2.25. The number of aromatic nitrogens is 3. The average Bonchev–Trinajstić information content (AvgIpc) is 2.08. The Bertz CT molecular complexity index is 458. The molecule has 1 rings (SSSR count). The highest BCUT2D eigenvalue weighted by Gasteiger charge is 2.11. The van der Waals surface area contributed by atoms with Crippen LogP contribution in [0.4, 0.5) is 0 Å². The molecule has 0 fully saturated rings. The largest absolute Gasteiger partial charge is 0.381 e. The summed E-state index contributed by atoms with van der Waals surface area (Å²) < 4.78 is 28.4. The summed E-state index contributed by atoms with van der Waals surface area (Å²) in [5.41, 5.74) is -2.25. The zero-order valence-electron chi connectivity index (χ0n) is 4.94. The fraction of sp³-hybridized carbons (Fsp3) is 0. The molecule has 0 spiro atoms. The van der Waals surface area contributed by atoms with Gasteiger partial charge >= 0.3 is 21.7 Å². The monoisotopic (exact) mass is 181 g/mol. The molecule has 0 saturated heterocycles. The van der Waals surface area contributed by atoms with Gasteiger partial charge in [0.1, 0.15) is 0 Å². The highest BCUT2D eigenvalue weighted by Crippen LogP contribution is 1.76. The van der Waals surface area contributed by atoms with Crippen LogP contribution in [0.2, 0.25) is 0 Å². The number of hydrogen-bond donors (Lipinski definition) is 3. The number of nitrogens with one attached hydrogen (secondary N) is 2. The lowest BCUT2D eigenvalue weighted by atomic mass is 11.2. The molecule has 8 nitrogen and oxygen atoms in total. The summed E-state index contributed by atoms with van der Waals surface area (Å²) in [6.45, 7) is 0. The lowest BCUT2D eigenvalue weighted by Gasteiger charge is -1.89. The van der Waals surface area contributed by atoms with E-state index in [2.05, 4.69) is 0 Å². The van der Waals surface area contributed by atoms with Gasteiger partial charge in [-0.15, -0.1) is 0 Å². The normalized spacial score (nSPS) is 11.7. The van der Waals surface area contributed by atoms with Gasteiger partial charge in [-0.2, -0.15) is 8.42 Å². The van der Waals surface area contributed by atoms with Gasteiger partial charge in [-0.05, 0) is 0 Å². The van der Waals surface area contributed by atoms with Gasteiger partial charge in [0.15, 0.2) is 0 Å². The van der Waals surface area contributed by atoms with Crippen LogP contribution in [0.15, 0.2) is 9.59 Å². The van der Waals surface area contributed by atoms with Crippen LogP contribution in [0.25, 0.3) is 0 Å². The Hall–Kier alpha value is -1.35. The van der Waals surface area contributed by atoms with Crippen molar-refractivity contribution in [1.82, 2.24) is 14.2 Å². The van der Waals surface area contributed by atoms with Gasteiger partial charge < -0.3 is 0 Å². The van der Waals surface area contributed by atoms with Crippen LogP contribution in [-0.4, -0.2) is 27.1 Å². The van der Waals surface area contributed by atoms with E-state index in [1.54, 1.807) is 4.98 Å². The molecule has 1 aromatic heterocycles. The van der Waals surface area contributed by atoms with E-state index in [1.165, 1.54) is 5.10 Å². The maximum Gasteiger partial charge on any atom is 0.381 e. The molecule has 0 aliphatic rings. The summed E-state index contributed by atoms with van der Waals surface area (Å²) >= 11 is 0. The molecule has 0 bridgehead atoms. The summed E-state index contributed by atoms with van der Waals surface area (Å²) in [5.74, 6) is 0. The summed E-state index contributed by atoms with van der Waals surface area (Å²) in [7, 11) is -4.70. The van der Waals surface area contributed by atoms with Crippen molar-refractivity contribution in [3.8, 4) is 0 Å². The van der Waals surface area contributed by atoms with Crippen molar-refractivity contribution in [3.05, 3.63) is 21.0 Å². The standard InChI is InChI=1S/C2H3N3O5S/c6-1-3-2(7)5(4-1)11(8,9)10/h(H,8,9,10)(H2,3,4,6,7). The molecule has 0 amide bonds. The van der Waals surface area contributed by atoms with Crippen molar-refractivity contribution in [2.24, 2.45) is 0 Å². The minimum Gasteiger partial charge on any atom is -0.268 e. The molecule has 0 unspecified atom stereocenters. The summed E-state index contributed by atoms with van der Waals surface area (Å²) in [6, 6.07) is 0. The average molecular weight is 181 g/mol. The van der Waals surface area contributed by atoms with Gasteiger partial charge in [0, 0.05) is 0 Å². The van der Waals surface area contributed by atoms with E-state index >= 15 is 0 Å². The predicted octanol–water partition coefficient (Wildman–Crippen LogP) is -2.48. The summed E-state index contributed by atoms with van der Waals surface area (Å²) in [6.07, 6.45) is 0. The molecule has 62 valence electrons. The SMILES string of the molecule is O=c1[nH]c(=O)n(S(=O)(=O)O)[nH]1. The first-order valence-electron chi connectivity index (χ1n) is 2.30. The molecule has 0 saturated carbocycles. The van der Waals surface area contributed by atoms with Crippen molar-refractivity contribution in [3.63, 3.8) is 0 Å². The van der Waals surface area contributed by atoms with Crippen LogP contribution in [-0.2, 0) is 10.3 Å². The Labute approximate surface area is 59.3 Å². The van der Waals surface area contributed by atoms with E-state index in [0.717, 1.165) is 0 Å².